The number of methoxy groups -OCH3 is 1. The van der Waals surface area contributed by atoms with E-state index in [4.69, 9.17) is 14.6 Å². The lowest BCUT2D eigenvalue weighted by Crippen LogP contribution is -2.23. The predicted molar refractivity (Wildman–Crippen MR) is 156 cm³/mol. The third-order valence-electron chi connectivity index (χ3n) is 5.92. The van der Waals surface area contributed by atoms with E-state index in [1.807, 2.05) is 96.0 Å². The highest BCUT2D eigenvalue weighted by molar-refractivity contribution is 7.15. The standard InChI is InChI=1S/C29H23N5O3S2/c1-3-37-22-13-11-19(16-23(22)36-2)12-14-26-30-29-34(31-26)28(35)25(39-29)17-20-18-33(21-8-5-4-6-9-21)32-27(20)24-10-7-15-38-24/h4-18H,3H2,1-2H3/b14-12+,25-17-. The molecule has 0 saturated heterocycles. The first-order chi connectivity index (χ1) is 19.1. The first-order valence-electron chi connectivity index (χ1n) is 12.2. The van der Waals surface area contributed by atoms with Gasteiger partial charge in [0.25, 0.3) is 5.56 Å². The molecule has 0 unspecified atom stereocenters. The Hall–Kier alpha value is -4.54. The van der Waals surface area contributed by atoms with Crippen LogP contribution in [0, 0.1) is 0 Å². The normalized spacial score (nSPS) is 12.1. The first kappa shape index (κ1) is 24.8. The highest BCUT2D eigenvalue weighted by Gasteiger charge is 2.14. The van der Waals surface area contributed by atoms with Gasteiger partial charge in [0.15, 0.2) is 17.3 Å². The number of hydrogen-bond acceptors (Lipinski definition) is 8. The second-order valence-electron chi connectivity index (χ2n) is 8.45. The van der Waals surface area contributed by atoms with Crippen LogP contribution in [0.5, 0.6) is 11.5 Å². The molecule has 0 bridgehead atoms. The van der Waals surface area contributed by atoms with Crippen molar-refractivity contribution in [3.63, 3.8) is 0 Å². The molecule has 0 spiro atoms. The van der Waals surface area contributed by atoms with Crippen LogP contribution in [-0.4, -0.2) is 38.1 Å². The Morgan fingerprint density at radius 2 is 1.87 bits per heavy atom. The van der Waals surface area contributed by atoms with Gasteiger partial charge in [-0.1, -0.05) is 47.7 Å². The maximum absolute atomic E-state index is 13.2. The van der Waals surface area contributed by atoms with E-state index < -0.39 is 0 Å². The van der Waals surface area contributed by atoms with E-state index in [1.54, 1.807) is 24.5 Å². The predicted octanol–water partition coefficient (Wildman–Crippen LogP) is 5.19. The van der Waals surface area contributed by atoms with Crippen molar-refractivity contribution in [1.82, 2.24) is 24.4 Å². The van der Waals surface area contributed by atoms with Gasteiger partial charge in [-0.2, -0.15) is 14.6 Å². The van der Waals surface area contributed by atoms with Gasteiger partial charge >= 0.3 is 0 Å². The number of para-hydroxylation sites is 1. The fourth-order valence-corrected chi connectivity index (χ4v) is 5.74. The Morgan fingerprint density at radius 3 is 2.62 bits per heavy atom. The molecule has 0 aliphatic heterocycles. The second-order valence-corrected chi connectivity index (χ2v) is 10.4. The first-order valence-corrected chi connectivity index (χ1v) is 13.9. The summed E-state index contributed by atoms with van der Waals surface area (Å²) in [5, 5.41) is 11.3. The lowest BCUT2D eigenvalue weighted by molar-refractivity contribution is 0.311. The summed E-state index contributed by atoms with van der Waals surface area (Å²) in [7, 11) is 1.61. The van der Waals surface area contributed by atoms with Crippen LogP contribution >= 0.6 is 22.7 Å². The van der Waals surface area contributed by atoms with Crippen LogP contribution < -0.4 is 19.6 Å². The van der Waals surface area contributed by atoms with Crippen LogP contribution in [0.25, 0.3) is 39.4 Å². The summed E-state index contributed by atoms with van der Waals surface area (Å²) in [4.78, 5) is 19.4. The van der Waals surface area contributed by atoms with E-state index in [1.165, 1.54) is 15.9 Å². The number of thiophene rings is 1. The van der Waals surface area contributed by atoms with Gasteiger partial charge in [0.2, 0.25) is 4.96 Å². The topological polar surface area (TPSA) is 83.5 Å². The fraction of sp³-hybridized carbons (Fsp3) is 0.103. The molecule has 0 atom stereocenters. The molecular weight excluding hydrogens is 530 g/mol. The van der Waals surface area contributed by atoms with Crippen LogP contribution in [0.2, 0.25) is 0 Å². The van der Waals surface area contributed by atoms with Crippen LogP contribution in [0.1, 0.15) is 23.9 Å². The van der Waals surface area contributed by atoms with Crippen LogP contribution in [0.4, 0.5) is 0 Å². The third-order valence-corrected chi connectivity index (χ3v) is 7.75. The van der Waals surface area contributed by atoms with E-state index in [-0.39, 0.29) is 5.56 Å². The fourth-order valence-electron chi connectivity index (χ4n) is 4.10. The molecule has 4 aromatic heterocycles. The smallest absolute Gasteiger partial charge is 0.291 e. The number of thiazole rings is 1. The van der Waals surface area contributed by atoms with E-state index in [0.717, 1.165) is 27.4 Å². The number of hydrogen-bond donors (Lipinski definition) is 0. The minimum atomic E-state index is -0.213. The molecule has 0 aliphatic rings. The molecular formula is C29H23N5O3S2. The third kappa shape index (κ3) is 4.99. The molecule has 0 N–H and O–H groups in total. The quantitative estimate of drug-likeness (QED) is 0.258. The van der Waals surface area contributed by atoms with Crippen molar-refractivity contribution in [3.05, 3.63) is 104 Å². The monoisotopic (exact) mass is 553 g/mol. The lowest BCUT2D eigenvalue weighted by atomic mass is 10.2. The molecule has 8 nitrogen and oxygen atoms in total. The molecule has 0 fully saturated rings. The molecule has 10 heteroatoms. The molecule has 6 aromatic rings. The van der Waals surface area contributed by atoms with E-state index in [0.29, 0.717) is 33.4 Å². The Morgan fingerprint density at radius 1 is 1.00 bits per heavy atom. The number of fused-ring (bicyclic) bond motifs is 1. The average Bonchev–Trinajstić information content (AvgIpc) is 3.75. The van der Waals surface area contributed by atoms with Gasteiger partial charge < -0.3 is 9.47 Å². The lowest BCUT2D eigenvalue weighted by Gasteiger charge is -2.09. The van der Waals surface area contributed by atoms with Gasteiger partial charge in [-0.25, -0.2) is 4.68 Å². The van der Waals surface area contributed by atoms with Crippen molar-refractivity contribution in [2.75, 3.05) is 13.7 Å². The highest BCUT2D eigenvalue weighted by atomic mass is 32.1. The Kier molecular flexibility index (Phi) is 6.78. The average molecular weight is 554 g/mol. The van der Waals surface area contributed by atoms with Crippen molar-refractivity contribution < 1.29 is 9.47 Å². The number of ether oxygens (including phenoxy) is 2. The molecule has 39 heavy (non-hydrogen) atoms. The summed E-state index contributed by atoms with van der Waals surface area (Å²) in [6, 6.07) is 19.6. The zero-order valence-electron chi connectivity index (χ0n) is 21.1. The van der Waals surface area contributed by atoms with Crippen LogP contribution in [-0.2, 0) is 0 Å². The van der Waals surface area contributed by atoms with Crippen molar-refractivity contribution >= 4 is 45.9 Å². The molecule has 0 aliphatic carbocycles. The molecule has 2 aromatic carbocycles. The van der Waals surface area contributed by atoms with Gasteiger partial charge in [-0.05, 0) is 60.4 Å². The van der Waals surface area contributed by atoms with Crippen molar-refractivity contribution in [2.45, 2.75) is 6.92 Å². The summed E-state index contributed by atoms with van der Waals surface area (Å²) in [5.41, 5.74) is 3.31. The summed E-state index contributed by atoms with van der Waals surface area (Å²) < 4.78 is 14.7. The summed E-state index contributed by atoms with van der Waals surface area (Å²) in [6.07, 6.45) is 7.46. The number of aromatic nitrogens is 5. The van der Waals surface area contributed by atoms with Gasteiger partial charge in [0, 0.05) is 11.8 Å². The Bertz CT molecular complexity index is 1890. The minimum absolute atomic E-state index is 0.213. The Labute approximate surface area is 231 Å². The maximum Gasteiger partial charge on any atom is 0.291 e. The van der Waals surface area contributed by atoms with Gasteiger partial charge in [0.1, 0.15) is 5.69 Å². The summed E-state index contributed by atoms with van der Waals surface area (Å²) in [5.74, 6) is 1.79. The maximum atomic E-state index is 13.2. The van der Waals surface area contributed by atoms with E-state index in [2.05, 4.69) is 10.1 Å². The largest absolute Gasteiger partial charge is 0.493 e. The molecule has 194 valence electrons. The van der Waals surface area contributed by atoms with E-state index >= 15 is 0 Å². The van der Waals surface area contributed by atoms with Crippen molar-refractivity contribution in [1.29, 1.82) is 0 Å². The zero-order chi connectivity index (χ0) is 26.8. The van der Waals surface area contributed by atoms with Crippen molar-refractivity contribution in [3.8, 4) is 27.8 Å². The number of rotatable bonds is 8. The molecule has 0 saturated carbocycles. The summed E-state index contributed by atoms with van der Waals surface area (Å²) >= 11 is 2.91. The van der Waals surface area contributed by atoms with Crippen molar-refractivity contribution in [2.24, 2.45) is 0 Å². The van der Waals surface area contributed by atoms with Crippen LogP contribution in [0.15, 0.2) is 77.0 Å². The summed E-state index contributed by atoms with van der Waals surface area (Å²) in [6.45, 7) is 2.49. The minimum Gasteiger partial charge on any atom is -0.493 e. The Balaban J connectivity index is 1.33. The highest BCUT2D eigenvalue weighted by Crippen LogP contribution is 2.29. The number of nitrogens with zero attached hydrogens (tertiary/aromatic N) is 5. The van der Waals surface area contributed by atoms with Gasteiger partial charge in [-0.15, -0.1) is 16.4 Å². The zero-order valence-corrected chi connectivity index (χ0v) is 22.8. The van der Waals surface area contributed by atoms with Gasteiger partial charge in [0.05, 0.1) is 28.8 Å². The molecule has 0 radical (unpaired) electrons. The van der Waals surface area contributed by atoms with Gasteiger partial charge in [-0.3, -0.25) is 4.79 Å². The second kappa shape index (κ2) is 10.7. The molecule has 6 rings (SSSR count). The SMILES string of the molecule is CCOc1ccc(/C=C/c2nc3s/c(=C\c4cn(-c5ccccc5)nc4-c4cccs4)c(=O)n3n2)cc1OC. The molecule has 0 amide bonds. The van der Waals surface area contributed by atoms with E-state index in [9.17, 15) is 4.79 Å². The number of benzene rings is 2. The molecule has 4 heterocycles. The van der Waals surface area contributed by atoms with Crippen LogP contribution in [0.3, 0.4) is 0 Å².